The molecule has 1 saturated heterocycles. The summed E-state index contributed by atoms with van der Waals surface area (Å²) in [5.41, 5.74) is 0. The third kappa shape index (κ3) is 7.43. The smallest absolute Gasteiger partial charge is 0.191 e. The molecule has 1 aliphatic heterocycles. The van der Waals surface area contributed by atoms with Gasteiger partial charge in [0, 0.05) is 45.3 Å². The zero-order valence-corrected chi connectivity index (χ0v) is 17.8. The molecule has 2 fully saturated rings. The molecule has 1 saturated carbocycles. The standard InChI is InChI=1S/C21H43N5/c1-5-22-21(23-12-8-11-19-9-6-7-10-19)24-17-20(18(2)3)26-15-13-25(4)14-16-26/h18-20H,5-17H2,1-4H3,(H2,22,23,24). The van der Waals surface area contributed by atoms with Gasteiger partial charge in [-0.05, 0) is 38.6 Å². The molecule has 0 bridgehead atoms. The molecule has 1 unspecified atom stereocenters. The lowest BCUT2D eigenvalue weighted by molar-refractivity contribution is 0.0925. The number of aliphatic imine (C=N–C) groups is 1. The summed E-state index contributed by atoms with van der Waals surface area (Å²) in [7, 11) is 2.22. The number of nitrogens with one attached hydrogen (secondary N) is 2. The van der Waals surface area contributed by atoms with E-state index in [2.05, 4.69) is 48.3 Å². The van der Waals surface area contributed by atoms with Crippen LogP contribution in [0.4, 0.5) is 0 Å². The lowest BCUT2D eigenvalue weighted by atomic mass is 10.0. The van der Waals surface area contributed by atoms with Gasteiger partial charge in [-0.2, -0.15) is 0 Å². The minimum atomic E-state index is 0.539. The van der Waals surface area contributed by atoms with E-state index in [9.17, 15) is 0 Å². The van der Waals surface area contributed by atoms with Crippen LogP contribution in [0.2, 0.25) is 0 Å². The van der Waals surface area contributed by atoms with Gasteiger partial charge in [-0.15, -0.1) is 0 Å². The Labute approximate surface area is 162 Å². The lowest BCUT2D eigenvalue weighted by Crippen LogP contribution is -2.52. The van der Waals surface area contributed by atoms with Crippen molar-refractivity contribution < 1.29 is 0 Å². The second kappa shape index (κ2) is 11.8. The molecule has 0 amide bonds. The topological polar surface area (TPSA) is 42.9 Å². The Balaban J connectivity index is 1.78. The quantitative estimate of drug-likeness (QED) is 0.375. The van der Waals surface area contributed by atoms with E-state index in [1.165, 1.54) is 64.7 Å². The van der Waals surface area contributed by atoms with Crippen molar-refractivity contribution in [1.82, 2.24) is 20.4 Å². The number of piperazine rings is 1. The molecule has 152 valence electrons. The third-order valence-corrected chi connectivity index (χ3v) is 6.11. The predicted octanol–water partition coefficient (Wildman–Crippen LogP) is 2.78. The zero-order valence-electron chi connectivity index (χ0n) is 17.8. The molecule has 1 atom stereocenters. The number of likely N-dealkylation sites (N-methyl/N-ethyl adjacent to an activating group) is 1. The highest BCUT2D eigenvalue weighted by atomic mass is 15.3. The summed E-state index contributed by atoms with van der Waals surface area (Å²) in [6.45, 7) is 14.4. The van der Waals surface area contributed by atoms with E-state index in [-0.39, 0.29) is 0 Å². The largest absolute Gasteiger partial charge is 0.357 e. The van der Waals surface area contributed by atoms with E-state index in [0.29, 0.717) is 12.0 Å². The van der Waals surface area contributed by atoms with Gasteiger partial charge in [0.15, 0.2) is 5.96 Å². The van der Waals surface area contributed by atoms with Crippen LogP contribution >= 0.6 is 0 Å². The molecule has 1 heterocycles. The van der Waals surface area contributed by atoms with Crippen LogP contribution in [0.15, 0.2) is 4.99 Å². The first-order valence-electron chi connectivity index (χ1n) is 11.0. The Hall–Kier alpha value is -0.810. The second-order valence-electron chi connectivity index (χ2n) is 8.59. The molecule has 2 N–H and O–H groups in total. The summed E-state index contributed by atoms with van der Waals surface area (Å²) in [6, 6.07) is 0.539. The van der Waals surface area contributed by atoms with Crippen LogP contribution in [0.3, 0.4) is 0 Å². The molecule has 1 aliphatic carbocycles. The number of nitrogens with zero attached hydrogens (tertiary/aromatic N) is 3. The molecule has 0 radical (unpaired) electrons. The molecule has 0 aromatic rings. The Morgan fingerprint density at radius 2 is 1.77 bits per heavy atom. The predicted molar refractivity (Wildman–Crippen MR) is 113 cm³/mol. The maximum Gasteiger partial charge on any atom is 0.191 e. The van der Waals surface area contributed by atoms with Gasteiger partial charge in [-0.3, -0.25) is 9.89 Å². The third-order valence-electron chi connectivity index (χ3n) is 6.11. The van der Waals surface area contributed by atoms with E-state index < -0.39 is 0 Å². The minimum Gasteiger partial charge on any atom is -0.357 e. The van der Waals surface area contributed by atoms with Crippen LogP contribution < -0.4 is 10.6 Å². The molecule has 5 nitrogen and oxygen atoms in total. The number of hydrogen-bond donors (Lipinski definition) is 2. The van der Waals surface area contributed by atoms with Gasteiger partial charge in [0.25, 0.3) is 0 Å². The summed E-state index contributed by atoms with van der Waals surface area (Å²) in [4.78, 5) is 10.00. The van der Waals surface area contributed by atoms with Gasteiger partial charge < -0.3 is 15.5 Å². The molecule has 2 rings (SSSR count). The first-order chi connectivity index (χ1) is 12.6. The SMILES string of the molecule is CCNC(=NCC(C(C)C)N1CCN(C)CC1)NCCCC1CCCC1. The Morgan fingerprint density at radius 3 is 2.38 bits per heavy atom. The van der Waals surface area contributed by atoms with Crippen LogP contribution in [0.5, 0.6) is 0 Å². The molecule has 2 aliphatic rings. The zero-order chi connectivity index (χ0) is 18.8. The van der Waals surface area contributed by atoms with Gasteiger partial charge in [0.1, 0.15) is 0 Å². The molecule has 26 heavy (non-hydrogen) atoms. The van der Waals surface area contributed by atoms with Gasteiger partial charge >= 0.3 is 0 Å². The van der Waals surface area contributed by atoms with Crippen molar-refractivity contribution in [3.05, 3.63) is 0 Å². The molecule has 0 spiro atoms. The van der Waals surface area contributed by atoms with Crippen LogP contribution in [0.1, 0.15) is 59.3 Å². The van der Waals surface area contributed by atoms with Crippen LogP contribution in [-0.2, 0) is 0 Å². The first-order valence-corrected chi connectivity index (χ1v) is 11.0. The average molecular weight is 366 g/mol. The highest BCUT2D eigenvalue weighted by Gasteiger charge is 2.24. The summed E-state index contributed by atoms with van der Waals surface area (Å²) in [5.74, 6) is 2.62. The molecular formula is C21H43N5. The molecular weight excluding hydrogens is 322 g/mol. The highest BCUT2D eigenvalue weighted by Crippen LogP contribution is 2.28. The maximum absolute atomic E-state index is 4.94. The fraction of sp³-hybridized carbons (Fsp3) is 0.952. The van der Waals surface area contributed by atoms with Crippen LogP contribution in [-0.4, -0.2) is 74.7 Å². The van der Waals surface area contributed by atoms with Crippen molar-refractivity contribution in [3.8, 4) is 0 Å². The van der Waals surface area contributed by atoms with Crippen molar-refractivity contribution in [2.45, 2.75) is 65.3 Å². The van der Waals surface area contributed by atoms with Crippen LogP contribution in [0.25, 0.3) is 0 Å². The first kappa shape index (κ1) is 21.5. The minimum absolute atomic E-state index is 0.539. The summed E-state index contributed by atoms with van der Waals surface area (Å²) >= 11 is 0. The van der Waals surface area contributed by atoms with E-state index in [4.69, 9.17) is 4.99 Å². The van der Waals surface area contributed by atoms with Crippen LogP contribution in [0, 0.1) is 11.8 Å². The molecule has 5 heteroatoms. The number of hydrogen-bond acceptors (Lipinski definition) is 3. The van der Waals surface area contributed by atoms with Gasteiger partial charge in [0.2, 0.25) is 0 Å². The normalized spacial score (nSPS) is 22.1. The maximum atomic E-state index is 4.94. The van der Waals surface area contributed by atoms with Crippen molar-refractivity contribution in [2.75, 3.05) is 52.9 Å². The Bertz CT molecular complexity index is 395. The van der Waals surface area contributed by atoms with E-state index >= 15 is 0 Å². The second-order valence-corrected chi connectivity index (χ2v) is 8.59. The van der Waals surface area contributed by atoms with Gasteiger partial charge in [-0.25, -0.2) is 0 Å². The fourth-order valence-electron chi connectivity index (χ4n) is 4.32. The summed E-state index contributed by atoms with van der Waals surface area (Å²) < 4.78 is 0. The van der Waals surface area contributed by atoms with E-state index in [0.717, 1.165) is 31.5 Å². The van der Waals surface area contributed by atoms with E-state index in [1.54, 1.807) is 0 Å². The van der Waals surface area contributed by atoms with Gasteiger partial charge in [0.05, 0.1) is 6.54 Å². The average Bonchev–Trinajstić information content (AvgIpc) is 3.13. The Kier molecular flexibility index (Phi) is 9.76. The van der Waals surface area contributed by atoms with E-state index in [1.807, 2.05) is 0 Å². The monoisotopic (exact) mass is 365 g/mol. The number of guanidine groups is 1. The summed E-state index contributed by atoms with van der Waals surface area (Å²) in [6.07, 6.45) is 8.45. The molecule has 0 aromatic carbocycles. The van der Waals surface area contributed by atoms with Crippen molar-refractivity contribution >= 4 is 5.96 Å². The van der Waals surface area contributed by atoms with Crippen molar-refractivity contribution in [3.63, 3.8) is 0 Å². The van der Waals surface area contributed by atoms with Gasteiger partial charge in [-0.1, -0.05) is 39.5 Å². The lowest BCUT2D eigenvalue weighted by Gasteiger charge is -2.39. The fourth-order valence-corrected chi connectivity index (χ4v) is 4.32. The van der Waals surface area contributed by atoms with Crippen molar-refractivity contribution in [1.29, 1.82) is 0 Å². The number of rotatable bonds is 9. The Morgan fingerprint density at radius 1 is 1.08 bits per heavy atom. The molecule has 0 aromatic heterocycles. The highest BCUT2D eigenvalue weighted by molar-refractivity contribution is 5.79. The summed E-state index contributed by atoms with van der Waals surface area (Å²) in [5, 5.41) is 6.99. The van der Waals surface area contributed by atoms with Crippen molar-refractivity contribution in [2.24, 2.45) is 16.8 Å².